The van der Waals surface area contributed by atoms with Gasteiger partial charge in [-0.1, -0.05) is 30.3 Å². The van der Waals surface area contributed by atoms with Crippen molar-refractivity contribution >= 4 is 11.6 Å². The van der Waals surface area contributed by atoms with Gasteiger partial charge in [0, 0.05) is 11.7 Å². The van der Waals surface area contributed by atoms with E-state index in [-0.39, 0.29) is 24.2 Å². The van der Waals surface area contributed by atoms with Gasteiger partial charge in [0.1, 0.15) is 0 Å². The molecular formula is C19H19F3N2O. The van der Waals surface area contributed by atoms with Crippen molar-refractivity contribution in [1.29, 1.82) is 0 Å². The van der Waals surface area contributed by atoms with E-state index in [1.54, 1.807) is 0 Å². The largest absolute Gasteiger partial charge is 0.416 e. The Labute approximate surface area is 144 Å². The molecule has 2 aromatic carbocycles. The van der Waals surface area contributed by atoms with E-state index < -0.39 is 11.7 Å². The molecule has 0 fully saturated rings. The van der Waals surface area contributed by atoms with Crippen LogP contribution in [0.1, 0.15) is 29.2 Å². The SMILES string of the molecule is CN(CC(=O)Nc1cccc(C(F)(F)F)c1)[C@@H]1CCc2ccccc21. The van der Waals surface area contributed by atoms with E-state index in [9.17, 15) is 18.0 Å². The van der Waals surface area contributed by atoms with Crippen LogP contribution >= 0.6 is 0 Å². The zero-order chi connectivity index (χ0) is 18.0. The molecule has 0 bridgehead atoms. The van der Waals surface area contributed by atoms with Gasteiger partial charge in [0.15, 0.2) is 0 Å². The van der Waals surface area contributed by atoms with E-state index in [2.05, 4.69) is 17.4 Å². The number of hydrogen-bond acceptors (Lipinski definition) is 2. The summed E-state index contributed by atoms with van der Waals surface area (Å²) in [4.78, 5) is 14.2. The van der Waals surface area contributed by atoms with Crippen molar-refractivity contribution in [3.05, 3.63) is 65.2 Å². The van der Waals surface area contributed by atoms with Crippen molar-refractivity contribution in [2.75, 3.05) is 18.9 Å². The molecule has 0 radical (unpaired) electrons. The maximum atomic E-state index is 12.7. The molecule has 0 saturated carbocycles. The first-order valence-electron chi connectivity index (χ1n) is 8.10. The number of hydrogen-bond donors (Lipinski definition) is 1. The molecule has 1 atom stereocenters. The molecule has 0 saturated heterocycles. The summed E-state index contributed by atoms with van der Waals surface area (Å²) >= 11 is 0. The van der Waals surface area contributed by atoms with Gasteiger partial charge in [0.25, 0.3) is 0 Å². The third-order valence-corrected chi connectivity index (χ3v) is 4.50. The summed E-state index contributed by atoms with van der Waals surface area (Å²) in [5.41, 5.74) is 1.89. The molecule has 1 aliphatic carbocycles. The first-order valence-corrected chi connectivity index (χ1v) is 8.10. The summed E-state index contributed by atoms with van der Waals surface area (Å²) in [6, 6.07) is 13.0. The standard InChI is InChI=1S/C19H19F3N2O/c1-24(17-10-9-13-5-2-3-8-16(13)17)12-18(25)23-15-7-4-6-14(11-15)19(20,21)22/h2-8,11,17H,9-10,12H2,1H3,(H,23,25)/t17-/m1/s1. The molecule has 132 valence electrons. The van der Waals surface area contributed by atoms with Crippen molar-refractivity contribution in [2.24, 2.45) is 0 Å². The number of halogens is 3. The molecule has 1 aliphatic rings. The maximum Gasteiger partial charge on any atom is 0.416 e. The Morgan fingerprint density at radius 3 is 2.72 bits per heavy atom. The number of benzene rings is 2. The van der Waals surface area contributed by atoms with Gasteiger partial charge in [-0.15, -0.1) is 0 Å². The predicted molar refractivity (Wildman–Crippen MR) is 90.2 cm³/mol. The first kappa shape index (κ1) is 17.5. The van der Waals surface area contributed by atoms with E-state index in [0.717, 1.165) is 25.0 Å². The van der Waals surface area contributed by atoms with E-state index in [4.69, 9.17) is 0 Å². The number of alkyl halides is 3. The molecule has 25 heavy (non-hydrogen) atoms. The minimum Gasteiger partial charge on any atom is -0.325 e. The van der Waals surface area contributed by atoms with Crippen molar-refractivity contribution in [1.82, 2.24) is 4.90 Å². The number of carbonyl (C=O) groups excluding carboxylic acids is 1. The monoisotopic (exact) mass is 348 g/mol. The van der Waals surface area contributed by atoms with Crippen molar-refractivity contribution < 1.29 is 18.0 Å². The van der Waals surface area contributed by atoms with Crippen LogP contribution in [0.4, 0.5) is 18.9 Å². The summed E-state index contributed by atoms with van der Waals surface area (Å²) in [6.07, 6.45) is -2.52. The third-order valence-electron chi connectivity index (χ3n) is 4.50. The predicted octanol–water partition coefficient (Wildman–Crippen LogP) is 4.26. The normalized spacial score (nSPS) is 16.8. The quantitative estimate of drug-likeness (QED) is 0.895. The summed E-state index contributed by atoms with van der Waals surface area (Å²) in [5.74, 6) is -0.328. The van der Waals surface area contributed by atoms with Crippen molar-refractivity contribution in [2.45, 2.75) is 25.1 Å². The molecular weight excluding hydrogens is 329 g/mol. The number of rotatable bonds is 4. The number of nitrogens with zero attached hydrogens (tertiary/aromatic N) is 1. The summed E-state index contributed by atoms with van der Waals surface area (Å²) in [6.45, 7) is 0.120. The Morgan fingerprint density at radius 2 is 1.96 bits per heavy atom. The van der Waals surface area contributed by atoms with Gasteiger partial charge in [0.05, 0.1) is 12.1 Å². The molecule has 0 heterocycles. The van der Waals surface area contributed by atoms with Crippen molar-refractivity contribution in [3.63, 3.8) is 0 Å². The van der Waals surface area contributed by atoms with E-state index in [1.807, 2.05) is 24.1 Å². The van der Waals surface area contributed by atoms with Crippen LogP contribution in [0.3, 0.4) is 0 Å². The second kappa shape index (κ2) is 6.88. The molecule has 0 unspecified atom stereocenters. The molecule has 0 aromatic heterocycles. The Hall–Kier alpha value is -2.34. The van der Waals surface area contributed by atoms with Crippen LogP contribution < -0.4 is 5.32 Å². The summed E-state index contributed by atoms with van der Waals surface area (Å²) in [7, 11) is 1.86. The average molecular weight is 348 g/mol. The Morgan fingerprint density at radius 1 is 1.20 bits per heavy atom. The average Bonchev–Trinajstić information content (AvgIpc) is 2.98. The van der Waals surface area contributed by atoms with Gasteiger partial charge in [-0.3, -0.25) is 9.69 Å². The highest BCUT2D eigenvalue weighted by molar-refractivity contribution is 5.92. The summed E-state index contributed by atoms with van der Waals surface area (Å²) in [5, 5.41) is 2.55. The van der Waals surface area contributed by atoms with Gasteiger partial charge in [-0.2, -0.15) is 13.2 Å². The van der Waals surface area contributed by atoms with Crippen LogP contribution in [-0.2, 0) is 17.4 Å². The fourth-order valence-electron chi connectivity index (χ4n) is 3.30. The maximum absolute atomic E-state index is 12.7. The second-order valence-electron chi connectivity index (χ2n) is 6.30. The number of likely N-dealkylation sites (N-methyl/N-ethyl adjacent to an activating group) is 1. The van der Waals surface area contributed by atoms with Gasteiger partial charge in [0.2, 0.25) is 5.91 Å². The zero-order valence-corrected chi connectivity index (χ0v) is 13.8. The molecule has 1 N–H and O–H groups in total. The van der Waals surface area contributed by atoms with Gasteiger partial charge in [-0.25, -0.2) is 0 Å². The summed E-state index contributed by atoms with van der Waals surface area (Å²) < 4.78 is 38.2. The number of carbonyl (C=O) groups is 1. The van der Waals surface area contributed by atoms with Gasteiger partial charge in [-0.05, 0) is 49.2 Å². The first-order chi connectivity index (χ1) is 11.8. The third kappa shape index (κ3) is 4.02. The van der Waals surface area contributed by atoms with Crippen LogP contribution in [0.25, 0.3) is 0 Å². The van der Waals surface area contributed by atoms with E-state index in [1.165, 1.54) is 23.3 Å². The zero-order valence-electron chi connectivity index (χ0n) is 13.8. The van der Waals surface area contributed by atoms with Crippen LogP contribution in [0, 0.1) is 0 Å². The van der Waals surface area contributed by atoms with Crippen molar-refractivity contribution in [3.8, 4) is 0 Å². The number of nitrogens with one attached hydrogen (secondary N) is 1. The number of aryl methyl sites for hydroxylation is 1. The van der Waals surface area contributed by atoms with Gasteiger partial charge < -0.3 is 5.32 Å². The Balaban J connectivity index is 1.64. The second-order valence-corrected chi connectivity index (χ2v) is 6.30. The minimum absolute atomic E-state index is 0.120. The molecule has 1 amide bonds. The lowest BCUT2D eigenvalue weighted by Crippen LogP contribution is -2.32. The fourth-order valence-corrected chi connectivity index (χ4v) is 3.30. The highest BCUT2D eigenvalue weighted by Crippen LogP contribution is 2.34. The lowest BCUT2D eigenvalue weighted by Gasteiger charge is -2.24. The van der Waals surface area contributed by atoms with Crippen LogP contribution in [0.2, 0.25) is 0 Å². The number of amides is 1. The topological polar surface area (TPSA) is 32.3 Å². The fraction of sp³-hybridized carbons (Fsp3) is 0.316. The molecule has 6 heteroatoms. The smallest absolute Gasteiger partial charge is 0.325 e. The number of anilines is 1. The highest BCUT2D eigenvalue weighted by Gasteiger charge is 2.30. The lowest BCUT2D eigenvalue weighted by atomic mass is 10.1. The van der Waals surface area contributed by atoms with Crippen LogP contribution in [0.5, 0.6) is 0 Å². The lowest BCUT2D eigenvalue weighted by molar-refractivity contribution is -0.137. The molecule has 0 aliphatic heterocycles. The van der Waals surface area contributed by atoms with Crippen LogP contribution in [0.15, 0.2) is 48.5 Å². The molecule has 0 spiro atoms. The Kier molecular flexibility index (Phi) is 4.81. The molecule has 3 nitrogen and oxygen atoms in total. The van der Waals surface area contributed by atoms with E-state index >= 15 is 0 Å². The minimum atomic E-state index is -4.43. The number of fused-ring (bicyclic) bond motifs is 1. The van der Waals surface area contributed by atoms with Gasteiger partial charge >= 0.3 is 6.18 Å². The van der Waals surface area contributed by atoms with Crippen LogP contribution in [-0.4, -0.2) is 24.4 Å². The highest BCUT2D eigenvalue weighted by atomic mass is 19.4. The Bertz CT molecular complexity index is 773. The molecule has 2 aromatic rings. The molecule has 3 rings (SSSR count). The van der Waals surface area contributed by atoms with E-state index in [0.29, 0.717) is 0 Å².